The Balaban J connectivity index is 2.54. The van der Waals surface area contributed by atoms with Gasteiger partial charge < -0.3 is 15.0 Å². The van der Waals surface area contributed by atoms with Crippen molar-refractivity contribution in [1.29, 1.82) is 0 Å². The Morgan fingerprint density at radius 1 is 1.39 bits per heavy atom. The van der Waals surface area contributed by atoms with E-state index in [1.54, 1.807) is 0 Å². The molecule has 1 aliphatic rings. The quantitative estimate of drug-likeness (QED) is 0.338. The minimum Gasteiger partial charge on any atom is -0.373 e. The molecule has 1 N–H and O–H groups in total. The normalized spacial score (nSPS) is 23.7. The molecule has 1 aliphatic heterocycles. The first-order valence-corrected chi connectivity index (χ1v) is 8.73. The number of nitrogens with one attached hydrogen (secondary N) is 1. The van der Waals surface area contributed by atoms with Gasteiger partial charge in [0.2, 0.25) is 0 Å². The molecule has 134 valence electrons. The van der Waals surface area contributed by atoms with Gasteiger partial charge >= 0.3 is 0 Å². The average Bonchev–Trinajstić information content (AvgIpc) is 2.47. The van der Waals surface area contributed by atoms with Crippen LogP contribution in [0.5, 0.6) is 0 Å². The van der Waals surface area contributed by atoms with E-state index in [9.17, 15) is 0 Å². The molecular weight excluding hydrogens is 288 g/mol. The van der Waals surface area contributed by atoms with Crippen molar-refractivity contribution in [2.75, 3.05) is 40.3 Å². The molecule has 5 heteroatoms. The first-order chi connectivity index (χ1) is 10.8. The van der Waals surface area contributed by atoms with Crippen LogP contribution in [0.1, 0.15) is 40.5 Å². The fourth-order valence-electron chi connectivity index (χ4n) is 3.04. The molecule has 0 radical (unpaired) electrons. The van der Waals surface area contributed by atoms with Crippen LogP contribution in [0.15, 0.2) is 17.6 Å². The Kier molecular flexibility index (Phi) is 8.06. The molecular formula is C18H36N4O. The second-order valence-corrected chi connectivity index (χ2v) is 7.23. The monoisotopic (exact) mass is 324 g/mol. The minimum atomic E-state index is 0.0597. The van der Waals surface area contributed by atoms with E-state index in [0.717, 1.165) is 45.0 Å². The van der Waals surface area contributed by atoms with Crippen molar-refractivity contribution < 1.29 is 4.74 Å². The van der Waals surface area contributed by atoms with Gasteiger partial charge in [-0.15, -0.1) is 6.58 Å². The molecule has 0 aromatic heterocycles. The third-order valence-corrected chi connectivity index (χ3v) is 4.43. The van der Waals surface area contributed by atoms with Crippen LogP contribution in [0.2, 0.25) is 0 Å². The molecule has 0 spiro atoms. The number of hydrogen-bond donors (Lipinski definition) is 1. The lowest BCUT2D eigenvalue weighted by Gasteiger charge is -2.45. The van der Waals surface area contributed by atoms with Gasteiger partial charge in [-0.1, -0.05) is 6.08 Å². The fraction of sp³-hybridized carbons (Fsp3) is 0.833. The van der Waals surface area contributed by atoms with Gasteiger partial charge in [0.25, 0.3) is 0 Å². The smallest absolute Gasteiger partial charge is 0.193 e. The maximum atomic E-state index is 5.85. The van der Waals surface area contributed by atoms with Crippen LogP contribution in [0.25, 0.3) is 0 Å². The van der Waals surface area contributed by atoms with Gasteiger partial charge in [0, 0.05) is 45.8 Å². The van der Waals surface area contributed by atoms with Crippen molar-refractivity contribution >= 4 is 5.96 Å². The standard InChI is InChI=1S/C18H36N4O/c1-8-9-10-11-21(7)17(19-6)20-14-18(4,5)22-12-15(2)23-16(3)13-22/h8,15-16H,1,9-14H2,2-7H3,(H,19,20). The van der Waals surface area contributed by atoms with E-state index in [1.165, 1.54) is 0 Å². The fourth-order valence-corrected chi connectivity index (χ4v) is 3.04. The largest absolute Gasteiger partial charge is 0.373 e. The number of morpholine rings is 1. The first kappa shape index (κ1) is 20.0. The summed E-state index contributed by atoms with van der Waals surface area (Å²) in [6.07, 6.45) is 4.69. The highest BCUT2D eigenvalue weighted by molar-refractivity contribution is 5.79. The zero-order chi connectivity index (χ0) is 17.5. The van der Waals surface area contributed by atoms with Crippen molar-refractivity contribution in [3.05, 3.63) is 12.7 Å². The maximum absolute atomic E-state index is 5.85. The highest BCUT2D eigenvalue weighted by Gasteiger charge is 2.33. The highest BCUT2D eigenvalue weighted by Crippen LogP contribution is 2.20. The summed E-state index contributed by atoms with van der Waals surface area (Å²) >= 11 is 0. The second-order valence-electron chi connectivity index (χ2n) is 7.23. The number of aliphatic imine (C=N–C) groups is 1. The van der Waals surface area contributed by atoms with Crippen LogP contribution in [-0.4, -0.2) is 73.8 Å². The summed E-state index contributed by atoms with van der Waals surface area (Å²) in [5.74, 6) is 0.955. The summed E-state index contributed by atoms with van der Waals surface area (Å²) < 4.78 is 5.85. The van der Waals surface area contributed by atoms with E-state index in [4.69, 9.17) is 4.74 Å². The highest BCUT2D eigenvalue weighted by atomic mass is 16.5. The van der Waals surface area contributed by atoms with Gasteiger partial charge in [-0.25, -0.2) is 0 Å². The van der Waals surface area contributed by atoms with Crippen LogP contribution in [0.4, 0.5) is 0 Å². The maximum Gasteiger partial charge on any atom is 0.193 e. The third-order valence-electron chi connectivity index (χ3n) is 4.43. The molecule has 2 unspecified atom stereocenters. The van der Waals surface area contributed by atoms with Gasteiger partial charge in [0.1, 0.15) is 0 Å². The van der Waals surface area contributed by atoms with Crippen molar-refractivity contribution in [1.82, 2.24) is 15.1 Å². The summed E-state index contributed by atoms with van der Waals surface area (Å²) in [5.41, 5.74) is 0.0597. The molecule has 1 heterocycles. The summed E-state index contributed by atoms with van der Waals surface area (Å²) in [7, 11) is 3.93. The second kappa shape index (κ2) is 9.28. The van der Waals surface area contributed by atoms with E-state index in [0.29, 0.717) is 12.2 Å². The zero-order valence-corrected chi connectivity index (χ0v) is 15.9. The lowest BCUT2D eigenvalue weighted by atomic mass is 10.00. The van der Waals surface area contributed by atoms with Crippen LogP contribution < -0.4 is 5.32 Å². The average molecular weight is 325 g/mol. The number of ether oxygens (including phenoxy) is 1. The molecule has 5 nitrogen and oxygen atoms in total. The molecule has 0 aliphatic carbocycles. The van der Waals surface area contributed by atoms with Crippen LogP contribution in [0, 0.1) is 0 Å². The van der Waals surface area contributed by atoms with E-state index in [1.807, 2.05) is 13.1 Å². The first-order valence-electron chi connectivity index (χ1n) is 8.73. The number of guanidine groups is 1. The molecule has 0 aromatic rings. The Bertz CT molecular complexity index is 384. The predicted molar refractivity (Wildman–Crippen MR) is 99.1 cm³/mol. The van der Waals surface area contributed by atoms with Gasteiger partial charge in [0.05, 0.1) is 12.2 Å². The number of rotatable bonds is 7. The van der Waals surface area contributed by atoms with Crippen LogP contribution in [0.3, 0.4) is 0 Å². The van der Waals surface area contributed by atoms with Crippen molar-refractivity contribution in [3.8, 4) is 0 Å². The molecule has 0 aromatic carbocycles. The van der Waals surface area contributed by atoms with Crippen LogP contribution >= 0.6 is 0 Å². The molecule has 0 saturated carbocycles. The van der Waals surface area contributed by atoms with Gasteiger partial charge in [0.15, 0.2) is 5.96 Å². The number of hydrogen-bond acceptors (Lipinski definition) is 3. The van der Waals surface area contributed by atoms with Crippen LogP contribution in [-0.2, 0) is 4.74 Å². The zero-order valence-electron chi connectivity index (χ0n) is 15.9. The SMILES string of the molecule is C=CCCCN(C)C(=NC)NCC(C)(C)N1CC(C)OC(C)C1. The van der Waals surface area contributed by atoms with E-state index >= 15 is 0 Å². The predicted octanol–water partition coefficient (Wildman–Crippen LogP) is 2.35. The van der Waals surface area contributed by atoms with Crippen molar-refractivity contribution in [3.63, 3.8) is 0 Å². The number of nitrogens with zero attached hydrogens (tertiary/aromatic N) is 3. The number of unbranched alkanes of at least 4 members (excludes halogenated alkanes) is 1. The van der Waals surface area contributed by atoms with E-state index < -0.39 is 0 Å². The minimum absolute atomic E-state index is 0.0597. The molecule has 0 amide bonds. The molecule has 1 saturated heterocycles. The van der Waals surface area contributed by atoms with Gasteiger partial charge in [-0.3, -0.25) is 9.89 Å². The van der Waals surface area contributed by atoms with Crippen molar-refractivity contribution in [2.45, 2.75) is 58.3 Å². The topological polar surface area (TPSA) is 40.1 Å². The van der Waals surface area contributed by atoms with Gasteiger partial charge in [-0.2, -0.15) is 0 Å². The molecule has 1 rings (SSSR count). The van der Waals surface area contributed by atoms with Gasteiger partial charge in [-0.05, 0) is 40.5 Å². The van der Waals surface area contributed by atoms with E-state index in [-0.39, 0.29) is 5.54 Å². The summed E-state index contributed by atoms with van der Waals surface area (Å²) in [4.78, 5) is 9.11. The Morgan fingerprint density at radius 3 is 2.52 bits per heavy atom. The third kappa shape index (κ3) is 6.51. The molecule has 2 atom stereocenters. The Hall–Kier alpha value is -1.07. The Morgan fingerprint density at radius 2 is 2.00 bits per heavy atom. The molecule has 0 bridgehead atoms. The lowest BCUT2D eigenvalue weighted by molar-refractivity contribution is -0.0947. The summed E-state index contributed by atoms with van der Waals surface area (Å²) in [6, 6.07) is 0. The molecule has 23 heavy (non-hydrogen) atoms. The van der Waals surface area contributed by atoms with E-state index in [2.05, 4.69) is 61.4 Å². The summed E-state index contributed by atoms with van der Waals surface area (Å²) in [5, 5.41) is 3.53. The lowest BCUT2D eigenvalue weighted by Crippen LogP contribution is -2.59. The van der Waals surface area contributed by atoms with Crippen molar-refractivity contribution in [2.24, 2.45) is 4.99 Å². The number of allylic oxidation sites excluding steroid dienone is 1. The summed E-state index contributed by atoms with van der Waals surface area (Å²) in [6.45, 7) is 16.5. The Labute approximate surface area is 142 Å². The molecule has 1 fully saturated rings.